The molecular weight excluding hydrogens is 176 g/mol. The highest BCUT2D eigenvalue weighted by molar-refractivity contribution is 4.91. The van der Waals surface area contributed by atoms with E-state index in [2.05, 4.69) is 22.6 Å². The van der Waals surface area contributed by atoms with Crippen molar-refractivity contribution in [3.8, 4) is 0 Å². The van der Waals surface area contributed by atoms with Crippen molar-refractivity contribution in [2.75, 3.05) is 6.54 Å². The molecule has 4 heteroatoms. The van der Waals surface area contributed by atoms with Gasteiger partial charge in [0.1, 0.15) is 0 Å². The quantitative estimate of drug-likeness (QED) is 0.672. The number of rotatable bonds is 7. The summed E-state index contributed by atoms with van der Waals surface area (Å²) in [4.78, 5) is 0. The smallest absolute Gasteiger partial charge is 0.0738 e. The maximum atomic E-state index is 3.87. The molecule has 1 N–H and O–H groups in total. The van der Waals surface area contributed by atoms with Gasteiger partial charge in [-0.25, -0.2) is 0 Å². The van der Waals surface area contributed by atoms with Gasteiger partial charge < -0.3 is 5.32 Å². The molecule has 0 saturated carbocycles. The van der Waals surface area contributed by atoms with E-state index < -0.39 is 0 Å². The van der Waals surface area contributed by atoms with Gasteiger partial charge in [0.05, 0.1) is 11.9 Å². The maximum Gasteiger partial charge on any atom is 0.0738 e. The van der Waals surface area contributed by atoms with Crippen LogP contribution in [0.25, 0.3) is 0 Å². The Morgan fingerprint density at radius 2 is 2.21 bits per heavy atom. The Hall–Kier alpha value is -0.900. The minimum atomic E-state index is 0.871. The zero-order valence-electron chi connectivity index (χ0n) is 9.16. The van der Waals surface area contributed by atoms with E-state index in [1.165, 1.54) is 25.7 Å². The Labute approximate surface area is 85.7 Å². The van der Waals surface area contributed by atoms with E-state index in [1.807, 2.05) is 7.05 Å². The molecule has 0 saturated heterocycles. The van der Waals surface area contributed by atoms with Gasteiger partial charge in [-0.1, -0.05) is 31.4 Å². The van der Waals surface area contributed by atoms with Crippen LogP contribution in [0.2, 0.25) is 0 Å². The Balaban J connectivity index is 2.02. The van der Waals surface area contributed by atoms with Crippen LogP contribution in [0.3, 0.4) is 0 Å². The van der Waals surface area contributed by atoms with E-state index in [-0.39, 0.29) is 0 Å². The number of hydrogen-bond donors (Lipinski definition) is 1. The first-order valence-electron chi connectivity index (χ1n) is 5.39. The summed E-state index contributed by atoms with van der Waals surface area (Å²) in [7, 11) is 1.92. The molecule has 1 aromatic rings. The highest BCUT2D eigenvalue weighted by Crippen LogP contribution is 1.98. The molecule has 0 spiro atoms. The lowest BCUT2D eigenvalue weighted by Gasteiger charge is -2.03. The van der Waals surface area contributed by atoms with Gasteiger partial charge >= 0.3 is 0 Å². The van der Waals surface area contributed by atoms with Crippen molar-refractivity contribution in [1.29, 1.82) is 0 Å². The lowest BCUT2D eigenvalue weighted by molar-refractivity contribution is 0.575. The minimum Gasteiger partial charge on any atom is -0.311 e. The summed E-state index contributed by atoms with van der Waals surface area (Å²) in [5.41, 5.74) is 1.14. The summed E-state index contributed by atoms with van der Waals surface area (Å²) < 4.78 is 1.80. The van der Waals surface area contributed by atoms with E-state index >= 15 is 0 Å². The third-order valence-electron chi connectivity index (χ3n) is 2.32. The second kappa shape index (κ2) is 6.54. The summed E-state index contributed by atoms with van der Waals surface area (Å²) in [6.07, 6.45) is 7.03. The van der Waals surface area contributed by atoms with Crippen molar-refractivity contribution in [3.63, 3.8) is 0 Å². The molecule has 80 valence electrons. The Bertz CT molecular complexity index is 244. The zero-order chi connectivity index (χ0) is 10.2. The van der Waals surface area contributed by atoms with Crippen LogP contribution < -0.4 is 5.32 Å². The maximum absolute atomic E-state index is 3.87. The number of hydrogen-bond acceptors (Lipinski definition) is 3. The second-order valence-electron chi connectivity index (χ2n) is 3.59. The predicted octanol–water partition coefficient (Wildman–Crippen LogP) is 1.48. The van der Waals surface area contributed by atoms with E-state index in [0.717, 1.165) is 18.8 Å². The fraction of sp³-hybridized carbons (Fsp3) is 0.800. The number of nitrogens with zero attached hydrogens (tertiary/aromatic N) is 3. The molecule has 0 unspecified atom stereocenters. The molecule has 0 aromatic carbocycles. The van der Waals surface area contributed by atoms with Gasteiger partial charge in [0.2, 0.25) is 0 Å². The Morgan fingerprint density at radius 1 is 1.36 bits per heavy atom. The molecule has 4 nitrogen and oxygen atoms in total. The standard InChI is InChI=1S/C10H20N4/c1-3-4-5-6-7-11-8-10-9-12-13-14(10)2/h9,11H,3-8H2,1-2H3. The van der Waals surface area contributed by atoms with Crippen LogP contribution in [0, 0.1) is 0 Å². The molecule has 1 heterocycles. The van der Waals surface area contributed by atoms with E-state index in [0.29, 0.717) is 0 Å². The van der Waals surface area contributed by atoms with Crippen LogP contribution >= 0.6 is 0 Å². The third kappa shape index (κ3) is 3.87. The van der Waals surface area contributed by atoms with Crippen LogP contribution in [0.4, 0.5) is 0 Å². The molecule has 1 rings (SSSR count). The minimum absolute atomic E-state index is 0.871. The van der Waals surface area contributed by atoms with Crippen LogP contribution in [-0.2, 0) is 13.6 Å². The second-order valence-corrected chi connectivity index (χ2v) is 3.59. The van der Waals surface area contributed by atoms with E-state index in [9.17, 15) is 0 Å². The molecule has 0 radical (unpaired) electrons. The van der Waals surface area contributed by atoms with Gasteiger partial charge in [0, 0.05) is 13.6 Å². The van der Waals surface area contributed by atoms with Crippen molar-refractivity contribution in [2.24, 2.45) is 7.05 Å². The summed E-state index contributed by atoms with van der Waals surface area (Å²) in [5.74, 6) is 0. The topological polar surface area (TPSA) is 42.7 Å². The number of aromatic nitrogens is 3. The molecule has 0 aliphatic carbocycles. The van der Waals surface area contributed by atoms with Gasteiger partial charge in [-0.15, -0.1) is 5.10 Å². The summed E-state index contributed by atoms with van der Waals surface area (Å²) >= 11 is 0. The molecule has 1 aromatic heterocycles. The average molecular weight is 196 g/mol. The molecule has 0 amide bonds. The molecule has 0 fully saturated rings. The van der Waals surface area contributed by atoms with Crippen molar-refractivity contribution in [1.82, 2.24) is 20.3 Å². The van der Waals surface area contributed by atoms with E-state index in [1.54, 1.807) is 10.9 Å². The first-order valence-corrected chi connectivity index (χ1v) is 5.39. The van der Waals surface area contributed by atoms with Crippen molar-refractivity contribution < 1.29 is 0 Å². The highest BCUT2D eigenvalue weighted by Gasteiger charge is 1.97. The Kier molecular flexibility index (Phi) is 5.22. The monoisotopic (exact) mass is 196 g/mol. The largest absolute Gasteiger partial charge is 0.311 e. The SMILES string of the molecule is CCCCCCNCc1cnnn1C. The van der Waals surface area contributed by atoms with Gasteiger partial charge in [-0.2, -0.15) is 0 Å². The molecule has 0 aliphatic heterocycles. The van der Waals surface area contributed by atoms with Crippen LogP contribution in [0.1, 0.15) is 38.3 Å². The van der Waals surface area contributed by atoms with Gasteiger partial charge in [-0.3, -0.25) is 4.68 Å². The molecular formula is C10H20N4. The van der Waals surface area contributed by atoms with Crippen molar-refractivity contribution in [2.45, 2.75) is 39.2 Å². The van der Waals surface area contributed by atoms with E-state index in [4.69, 9.17) is 0 Å². The first-order chi connectivity index (χ1) is 6.84. The zero-order valence-corrected chi connectivity index (χ0v) is 9.16. The predicted molar refractivity (Wildman–Crippen MR) is 56.9 cm³/mol. The highest BCUT2D eigenvalue weighted by atomic mass is 15.4. The fourth-order valence-electron chi connectivity index (χ4n) is 1.36. The molecule has 14 heavy (non-hydrogen) atoms. The molecule has 0 aliphatic rings. The summed E-state index contributed by atoms with van der Waals surface area (Å²) in [6.45, 7) is 4.19. The first kappa shape index (κ1) is 11.2. The summed E-state index contributed by atoms with van der Waals surface area (Å²) in [6, 6.07) is 0. The third-order valence-corrected chi connectivity index (χ3v) is 2.32. The van der Waals surface area contributed by atoms with Crippen LogP contribution in [0.5, 0.6) is 0 Å². The van der Waals surface area contributed by atoms with Gasteiger partial charge in [-0.05, 0) is 13.0 Å². The van der Waals surface area contributed by atoms with Gasteiger partial charge in [0.25, 0.3) is 0 Å². The van der Waals surface area contributed by atoms with Crippen molar-refractivity contribution >= 4 is 0 Å². The van der Waals surface area contributed by atoms with Crippen LogP contribution in [-0.4, -0.2) is 21.5 Å². The lowest BCUT2D eigenvalue weighted by Crippen LogP contribution is -2.16. The molecule has 0 atom stereocenters. The average Bonchev–Trinajstić information content (AvgIpc) is 2.58. The number of unbranched alkanes of at least 4 members (excludes halogenated alkanes) is 3. The number of nitrogens with one attached hydrogen (secondary N) is 1. The van der Waals surface area contributed by atoms with Crippen LogP contribution in [0.15, 0.2) is 6.20 Å². The Morgan fingerprint density at radius 3 is 2.86 bits per heavy atom. The van der Waals surface area contributed by atoms with Crippen molar-refractivity contribution in [3.05, 3.63) is 11.9 Å². The summed E-state index contributed by atoms with van der Waals surface area (Å²) in [5, 5.41) is 11.1. The lowest BCUT2D eigenvalue weighted by atomic mass is 10.2. The molecule has 0 bridgehead atoms. The van der Waals surface area contributed by atoms with Gasteiger partial charge in [0.15, 0.2) is 0 Å². The number of aryl methyl sites for hydroxylation is 1. The fourth-order valence-corrected chi connectivity index (χ4v) is 1.36. The normalized spacial score (nSPS) is 10.7.